The highest BCUT2D eigenvalue weighted by Gasteiger charge is 2.24. The third-order valence-electron chi connectivity index (χ3n) is 3.99. The van der Waals surface area contributed by atoms with Gasteiger partial charge in [-0.15, -0.1) is 0 Å². The lowest BCUT2D eigenvalue weighted by Gasteiger charge is -2.20. The molecule has 2 aromatic heterocycles. The van der Waals surface area contributed by atoms with E-state index in [1.807, 2.05) is 0 Å². The van der Waals surface area contributed by atoms with Crippen molar-refractivity contribution >= 4 is 16.9 Å². The number of ether oxygens (including phenoxy) is 1. The number of hydrogen-bond acceptors (Lipinski definition) is 5. The van der Waals surface area contributed by atoms with Crippen LogP contribution in [0, 0.1) is 18.3 Å². The van der Waals surface area contributed by atoms with Gasteiger partial charge in [0.25, 0.3) is 5.91 Å². The minimum Gasteiger partial charge on any atom is -0.497 e. The predicted molar refractivity (Wildman–Crippen MR) is 91.2 cm³/mol. The first kappa shape index (κ1) is 16.7. The minimum absolute atomic E-state index is 0.198. The standard InChI is InChI=1S/C19H18N2O4/c1-13-18(16-11-14(23-2)6-7-17(16)25-13)19(22)21(9-4-8-20)12-15-5-3-10-24-15/h3,5-7,10-11H,4,9,12H2,1-2H3. The lowest BCUT2D eigenvalue weighted by molar-refractivity contribution is 0.0735. The van der Waals surface area contributed by atoms with E-state index in [0.717, 1.165) is 0 Å². The minimum atomic E-state index is -0.198. The van der Waals surface area contributed by atoms with Crippen molar-refractivity contribution in [3.63, 3.8) is 0 Å². The molecular formula is C19H18N2O4. The first-order chi connectivity index (χ1) is 12.1. The molecule has 0 saturated heterocycles. The number of amides is 1. The smallest absolute Gasteiger partial charge is 0.258 e. The van der Waals surface area contributed by atoms with E-state index in [1.165, 1.54) is 0 Å². The second-order valence-electron chi connectivity index (χ2n) is 5.61. The molecule has 0 N–H and O–H groups in total. The summed E-state index contributed by atoms with van der Waals surface area (Å²) in [6.07, 6.45) is 1.80. The Morgan fingerprint density at radius 1 is 1.36 bits per heavy atom. The van der Waals surface area contributed by atoms with E-state index in [-0.39, 0.29) is 12.3 Å². The van der Waals surface area contributed by atoms with Crippen LogP contribution in [0.4, 0.5) is 0 Å². The van der Waals surface area contributed by atoms with Crippen molar-refractivity contribution in [1.29, 1.82) is 5.26 Å². The van der Waals surface area contributed by atoms with Crippen molar-refractivity contribution in [3.8, 4) is 11.8 Å². The van der Waals surface area contributed by atoms with E-state index in [9.17, 15) is 4.79 Å². The lowest BCUT2D eigenvalue weighted by Crippen LogP contribution is -2.31. The number of nitrogens with zero attached hydrogens (tertiary/aromatic N) is 2. The van der Waals surface area contributed by atoms with Gasteiger partial charge in [-0.05, 0) is 37.3 Å². The Kier molecular flexibility index (Phi) is 4.75. The largest absolute Gasteiger partial charge is 0.497 e. The number of methoxy groups -OCH3 is 1. The molecule has 3 aromatic rings. The maximum atomic E-state index is 13.1. The maximum absolute atomic E-state index is 13.1. The highest BCUT2D eigenvalue weighted by Crippen LogP contribution is 2.30. The zero-order chi connectivity index (χ0) is 17.8. The first-order valence-corrected chi connectivity index (χ1v) is 7.89. The summed E-state index contributed by atoms with van der Waals surface area (Å²) in [6.45, 7) is 2.37. The van der Waals surface area contributed by atoms with Crippen molar-refractivity contribution in [2.75, 3.05) is 13.7 Å². The number of benzene rings is 1. The average Bonchev–Trinajstić information content (AvgIpc) is 3.23. The number of nitriles is 1. The van der Waals surface area contributed by atoms with Crippen LogP contribution < -0.4 is 4.74 Å². The van der Waals surface area contributed by atoms with Crippen molar-refractivity contribution in [2.24, 2.45) is 0 Å². The Hall–Kier alpha value is -3.20. The molecule has 0 fully saturated rings. The SMILES string of the molecule is COc1ccc2oc(C)c(C(=O)N(CCC#N)Cc3ccco3)c2c1. The molecule has 0 aliphatic carbocycles. The summed E-state index contributed by atoms with van der Waals surface area (Å²) in [7, 11) is 1.58. The molecule has 0 saturated carbocycles. The second kappa shape index (κ2) is 7.14. The van der Waals surface area contributed by atoms with Crippen LogP contribution in [0.5, 0.6) is 5.75 Å². The fraction of sp³-hybridized carbons (Fsp3) is 0.263. The second-order valence-corrected chi connectivity index (χ2v) is 5.61. The van der Waals surface area contributed by atoms with Crippen molar-refractivity contribution in [2.45, 2.75) is 19.9 Å². The summed E-state index contributed by atoms with van der Waals surface area (Å²) in [6, 6.07) is 11.0. The van der Waals surface area contributed by atoms with Crippen molar-refractivity contribution in [3.05, 3.63) is 53.7 Å². The molecule has 1 aromatic carbocycles. The number of fused-ring (bicyclic) bond motifs is 1. The number of rotatable bonds is 6. The number of carbonyl (C=O) groups excluding carboxylic acids is 1. The highest BCUT2D eigenvalue weighted by atomic mass is 16.5. The Labute approximate surface area is 145 Å². The Morgan fingerprint density at radius 3 is 2.88 bits per heavy atom. The van der Waals surface area contributed by atoms with E-state index >= 15 is 0 Å². The van der Waals surface area contributed by atoms with Gasteiger partial charge in [0.2, 0.25) is 0 Å². The summed E-state index contributed by atoms with van der Waals surface area (Å²) < 4.78 is 16.3. The summed E-state index contributed by atoms with van der Waals surface area (Å²) in [5, 5.41) is 9.60. The van der Waals surface area contributed by atoms with Gasteiger partial charge in [0, 0.05) is 11.9 Å². The molecule has 0 unspecified atom stereocenters. The van der Waals surface area contributed by atoms with Crippen molar-refractivity contribution in [1.82, 2.24) is 4.90 Å². The molecule has 0 radical (unpaired) electrons. The maximum Gasteiger partial charge on any atom is 0.258 e. The van der Waals surface area contributed by atoms with Gasteiger partial charge in [0.1, 0.15) is 22.9 Å². The Bertz CT molecular complexity index is 919. The molecule has 25 heavy (non-hydrogen) atoms. The first-order valence-electron chi connectivity index (χ1n) is 7.89. The van der Waals surface area contributed by atoms with Gasteiger partial charge in [-0.1, -0.05) is 0 Å². The molecule has 1 amide bonds. The van der Waals surface area contributed by atoms with Crippen LogP contribution in [0.15, 0.2) is 45.4 Å². The number of hydrogen-bond donors (Lipinski definition) is 0. The van der Waals surface area contributed by atoms with Crippen LogP contribution in [0.25, 0.3) is 11.0 Å². The lowest BCUT2D eigenvalue weighted by atomic mass is 10.1. The van der Waals surface area contributed by atoms with E-state index < -0.39 is 0 Å². The Balaban J connectivity index is 1.99. The number of aryl methyl sites for hydroxylation is 1. The number of furan rings is 2. The molecule has 2 heterocycles. The molecular weight excluding hydrogens is 320 g/mol. The fourth-order valence-corrected chi connectivity index (χ4v) is 2.78. The zero-order valence-electron chi connectivity index (χ0n) is 14.1. The monoisotopic (exact) mass is 338 g/mol. The third kappa shape index (κ3) is 3.36. The van der Waals surface area contributed by atoms with Crippen LogP contribution in [0.1, 0.15) is 28.3 Å². The average molecular weight is 338 g/mol. The van der Waals surface area contributed by atoms with Gasteiger partial charge in [-0.25, -0.2) is 0 Å². The van der Waals surface area contributed by atoms with Gasteiger partial charge < -0.3 is 18.5 Å². The summed E-state index contributed by atoms with van der Waals surface area (Å²) in [5.74, 6) is 1.65. The van der Waals surface area contributed by atoms with Gasteiger partial charge in [-0.3, -0.25) is 4.79 Å². The van der Waals surface area contributed by atoms with E-state index in [4.69, 9.17) is 18.8 Å². The number of carbonyl (C=O) groups is 1. The van der Waals surface area contributed by atoms with Gasteiger partial charge in [0.15, 0.2) is 0 Å². The molecule has 0 aliphatic heterocycles. The molecule has 0 aliphatic rings. The molecule has 6 heteroatoms. The molecule has 0 bridgehead atoms. The Morgan fingerprint density at radius 2 is 2.20 bits per heavy atom. The topological polar surface area (TPSA) is 79.6 Å². The molecule has 128 valence electrons. The summed E-state index contributed by atoms with van der Waals surface area (Å²) in [5.41, 5.74) is 1.11. The van der Waals surface area contributed by atoms with Crippen LogP contribution in [-0.4, -0.2) is 24.5 Å². The van der Waals surface area contributed by atoms with E-state index in [2.05, 4.69) is 6.07 Å². The van der Waals surface area contributed by atoms with Crippen LogP contribution in [0.3, 0.4) is 0 Å². The summed E-state index contributed by atoms with van der Waals surface area (Å²) >= 11 is 0. The van der Waals surface area contributed by atoms with Crippen LogP contribution in [0.2, 0.25) is 0 Å². The van der Waals surface area contributed by atoms with Gasteiger partial charge >= 0.3 is 0 Å². The van der Waals surface area contributed by atoms with E-state index in [0.29, 0.717) is 46.9 Å². The highest BCUT2D eigenvalue weighted by molar-refractivity contribution is 6.07. The van der Waals surface area contributed by atoms with Crippen molar-refractivity contribution < 1.29 is 18.4 Å². The van der Waals surface area contributed by atoms with Gasteiger partial charge in [-0.2, -0.15) is 5.26 Å². The van der Waals surface area contributed by atoms with E-state index in [1.54, 1.807) is 55.5 Å². The molecule has 6 nitrogen and oxygen atoms in total. The van der Waals surface area contributed by atoms with Crippen LogP contribution in [-0.2, 0) is 6.54 Å². The third-order valence-corrected chi connectivity index (χ3v) is 3.99. The fourth-order valence-electron chi connectivity index (χ4n) is 2.78. The zero-order valence-corrected chi connectivity index (χ0v) is 14.1. The predicted octanol–water partition coefficient (Wildman–Crippen LogP) is 3.90. The quantitative estimate of drug-likeness (QED) is 0.681. The normalized spacial score (nSPS) is 10.6. The van der Waals surface area contributed by atoms with Crippen LogP contribution >= 0.6 is 0 Å². The molecule has 3 rings (SSSR count). The molecule has 0 atom stereocenters. The van der Waals surface area contributed by atoms with Gasteiger partial charge in [0.05, 0.1) is 38.0 Å². The molecule has 0 spiro atoms. The summed E-state index contributed by atoms with van der Waals surface area (Å²) in [4.78, 5) is 14.7.